The number of hydrogen-bond donors (Lipinski definition) is 0. The largest absolute Gasteiger partial charge is 0.382 e. The minimum absolute atomic E-state index is 0. The van der Waals surface area contributed by atoms with Gasteiger partial charge in [-0.1, -0.05) is 12.8 Å². The Bertz CT molecular complexity index is 59.9. The SMILES string of the molecule is C[CH-]C1CCOCC1.[Es]. The summed E-state index contributed by atoms with van der Waals surface area (Å²) in [6, 6.07) is 0. The van der Waals surface area contributed by atoms with E-state index in [0.29, 0.717) is 0 Å². The van der Waals surface area contributed by atoms with E-state index in [9.17, 15) is 0 Å². The van der Waals surface area contributed by atoms with Crippen molar-refractivity contribution in [3.63, 3.8) is 0 Å². The second-order valence-corrected chi connectivity index (χ2v) is 2.28. The quantitative estimate of drug-likeness (QED) is 0.642. The van der Waals surface area contributed by atoms with Crippen LogP contribution >= 0.6 is 0 Å². The van der Waals surface area contributed by atoms with Gasteiger partial charge in [-0.3, -0.25) is 0 Å². The van der Waals surface area contributed by atoms with Crippen molar-refractivity contribution >= 4 is 0 Å². The van der Waals surface area contributed by atoms with Crippen molar-refractivity contribution in [1.29, 1.82) is 0 Å². The third kappa shape index (κ3) is 2.13. The van der Waals surface area contributed by atoms with Crippen LogP contribution in [-0.4, -0.2) is 13.2 Å². The normalized spacial score (nSPS) is 21.0. The van der Waals surface area contributed by atoms with Crippen LogP contribution in [0.25, 0.3) is 0 Å². The van der Waals surface area contributed by atoms with Crippen LogP contribution < -0.4 is 0 Å². The van der Waals surface area contributed by atoms with Gasteiger partial charge >= 0.3 is 0 Å². The Balaban J connectivity index is 0.000000640. The van der Waals surface area contributed by atoms with Gasteiger partial charge in [-0.15, -0.1) is 0 Å². The van der Waals surface area contributed by atoms with Crippen molar-refractivity contribution in [3.8, 4) is 0 Å². The number of rotatable bonds is 1. The first-order chi connectivity index (χ1) is 3.93. The molecule has 0 unspecified atom stereocenters. The molecule has 0 N–H and O–H groups in total. The summed E-state index contributed by atoms with van der Waals surface area (Å²) in [4.78, 5) is 0. The van der Waals surface area contributed by atoms with Gasteiger partial charge in [0.25, 0.3) is 0 Å². The molecule has 0 aromatic rings. The minimum atomic E-state index is 0. The number of ether oxygens (including phenoxy) is 1. The Kier molecular flexibility index (Phi) is 3.45. The molecule has 1 heterocycles. The van der Waals surface area contributed by atoms with Crippen LogP contribution in [-0.2, 0) is 4.74 Å². The van der Waals surface area contributed by atoms with E-state index in [1.165, 1.54) is 12.8 Å². The maximum Gasteiger partial charge on any atom is 0.0444 e. The average Bonchev–Trinajstić information content (AvgIpc) is 1.90. The van der Waals surface area contributed by atoms with E-state index >= 15 is 0 Å². The Hall–Kier alpha value is -1.04. The van der Waals surface area contributed by atoms with Crippen LogP contribution in [0.4, 0.5) is 0 Å². The summed E-state index contributed by atoms with van der Waals surface area (Å²) in [5.74, 6) is 0.837. The van der Waals surface area contributed by atoms with Gasteiger partial charge in [-0.05, 0) is 0 Å². The smallest absolute Gasteiger partial charge is 0.0444 e. The molecule has 0 amide bonds. The average molecular weight is 365 g/mol. The summed E-state index contributed by atoms with van der Waals surface area (Å²) in [5, 5.41) is 0. The van der Waals surface area contributed by atoms with Gasteiger partial charge in [0.2, 0.25) is 0 Å². The van der Waals surface area contributed by atoms with E-state index < -0.39 is 0 Å². The van der Waals surface area contributed by atoms with Gasteiger partial charge in [-0.2, -0.15) is 12.8 Å². The molecule has 1 fully saturated rings. The summed E-state index contributed by atoms with van der Waals surface area (Å²) < 4.78 is 5.18. The monoisotopic (exact) mass is 365 g/mol. The van der Waals surface area contributed by atoms with E-state index in [-0.39, 0.29) is 0 Å². The molecule has 0 spiro atoms. The van der Waals surface area contributed by atoms with Crippen molar-refractivity contribution in [2.45, 2.75) is 19.8 Å². The molecule has 1 aliphatic heterocycles. The van der Waals surface area contributed by atoms with Gasteiger partial charge in [0.15, 0.2) is 0 Å². The third-order valence-electron chi connectivity index (χ3n) is 1.74. The zero-order chi connectivity index (χ0) is 5.82. The topological polar surface area (TPSA) is 9.23 Å². The fraction of sp³-hybridized carbons (Fsp3) is 0.857. The second kappa shape index (κ2) is 3.90. The maximum atomic E-state index is 5.18. The molecule has 1 nitrogen and oxygen atoms in total. The van der Waals surface area contributed by atoms with Crippen LogP contribution in [0.1, 0.15) is 19.8 Å². The molecule has 1 aliphatic rings. The summed E-state index contributed by atoms with van der Waals surface area (Å²) >= 11 is 0. The fourth-order valence-electron chi connectivity index (χ4n) is 1.05. The zero-order valence-electron chi connectivity index (χ0n) is 5.69. The first-order valence-corrected chi connectivity index (χ1v) is 3.30. The van der Waals surface area contributed by atoms with Crippen LogP contribution in [0, 0.1) is 12.3 Å². The van der Waals surface area contributed by atoms with Crippen molar-refractivity contribution in [2.75, 3.05) is 13.2 Å². The Morgan fingerprint density at radius 1 is 1.33 bits per heavy atom. The molecule has 0 bridgehead atoms. The molecule has 1 radical (unpaired) electrons. The van der Waals surface area contributed by atoms with Gasteiger partial charge in [0.1, 0.15) is 0 Å². The Labute approximate surface area is 51.0 Å². The van der Waals surface area contributed by atoms with Gasteiger partial charge in [0, 0.05) is 13.2 Å². The van der Waals surface area contributed by atoms with Gasteiger partial charge < -0.3 is 11.2 Å². The third-order valence-corrected chi connectivity index (χ3v) is 1.74. The summed E-state index contributed by atoms with van der Waals surface area (Å²) in [6.07, 6.45) is 4.75. The summed E-state index contributed by atoms with van der Waals surface area (Å²) in [6.45, 7) is 4.07. The molecule has 1 rings (SSSR count). The van der Waals surface area contributed by atoms with Crippen LogP contribution in [0.3, 0.4) is 0 Å². The van der Waals surface area contributed by atoms with Gasteiger partial charge in [-0.25, -0.2) is 0 Å². The molecule has 0 atom stereocenters. The van der Waals surface area contributed by atoms with Crippen LogP contribution in [0.2, 0.25) is 0 Å². The van der Waals surface area contributed by atoms with E-state index in [0.717, 1.165) is 19.1 Å². The van der Waals surface area contributed by atoms with E-state index in [1.807, 2.05) is 0 Å². The minimum Gasteiger partial charge on any atom is -0.382 e. The molecule has 0 aliphatic carbocycles. The maximum absolute atomic E-state index is 5.18. The molecule has 0 aromatic heterocycles. The summed E-state index contributed by atoms with van der Waals surface area (Å²) in [7, 11) is 0. The van der Waals surface area contributed by atoms with E-state index in [2.05, 4.69) is 13.3 Å². The molecule has 9 heavy (non-hydrogen) atoms. The first-order valence-electron chi connectivity index (χ1n) is 3.30. The second-order valence-electron chi connectivity index (χ2n) is 2.28. The zero-order valence-corrected chi connectivity index (χ0v) is 8.20. The van der Waals surface area contributed by atoms with Crippen LogP contribution in [0.5, 0.6) is 0 Å². The Morgan fingerprint density at radius 3 is 2.22 bits per heavy atom. The van der Waals surface area contributed by atoms with Crippen molar-refractivity contribution in [1.82, 2.24) is 0 Å². The molecule has 0 saturated carbocycles. The molecule has 0 aromatic carbocycles. The van der Waals surface area contributed by atoms with Crippen molar-refractivity contribution in [3.05, 3.63) is 6.42 Å². The molecular formula is C7H13EsO-. The standard InChI is InChI=1S/C7H13O.Es/c1-2-7-3-5-8-6-4-7;/h2,7H,3-6H2,1H3;/q-1;. The molecule has 59 valence electrons. The predicted molar refractivity (Wildman–Crippen MR) is 33.5 cm³/mol. The predicted octanol–water partition coefficient (Wildman–Crippen LogP) is 1.64. The van der Waals surface area contributed by atoms with E-state index in [4.69, 9.17) is 4.74 Å². The Morgan fingerprint density at radius 2 is 1.89 bits per heavy atom. The van der Waals surface area contributed by atoms with Gasteiger partial charge in [0.05, 0.1) is 0 Å². The van der Waals surface area contributed by atoms with E-state index in [1.54, 1.807) is 0 Å². The summed E-state index contributed by atoms with van der Waals surface area (Å²) in [5.41, 5.74) is 0. The van der Waals surface area contributed by atoms with Crippen molar-refractivity contribution < 1.29 is 4.74 Å². The first kappa shape index (κ1) is 7.96. The fourth-order valence-corrected chi connectivity index (χ4v) is 1.05. The van der Waals surface area contributed by atoms with Crippen molar-refractivity contribution in [2.24, 2.45) is 5.92 Å². The van der Waals surface area contributed by atoms with Crippen LogP contribution in [0.15, 0.2) is 0 Å². The molecule has 2 heteroatoms. The molecular weight excluding hydrogens is 352 g/mol. The number of hydrogen-bond acceptors (Lipinski definition) is 1. The molecule has 1 saturated heterocycles.